The number of fused-ring (bicyclic) bond motifs is 1. The van der Waals surface area contributed by atoms with Gasteiger partial charge in [-0.05, 0) is 18.2 Å². The third kappa shape index (κ3) is 2.91. The molecule has 0 saturated carbocycles. The molecule has 1 amide bonds. The van der Waals surface area contributed by atoms with Gasteiger partial charge in [0.25, 0.3) is 5.91 Å². The third-order valence-corrected chi connectivity index (χ3v) is 4.32. The molecule has 136 valence electrons. The van der Waals surface area contributed by atoms with Gasteiger partial charge in [-0.2, -0.15) is 5.10 Å². The molecular weight excluding hydrogens is 344 g/mol. The van der Waals surface area contributed by atoms with Crippen molar-refractivity contribution >= 4 is 11.6 Å². The number of nitrogens with one attached hydrogen (secondary N) is 1. The number of imidazole rings is 1. The van der Waals surface area contributed by atoms with Crippen LogP contribution in [0.4, 0.5) is 0 Å². The molecule has 1 aromatic carbocycles. The summed E-state index contributed by atoms with van der Waals surface area (Å²) < 4.78 is 8.93. The van der Waals surface area contributed by atoms with Crippen LogP contribution in [0.1, 0.15) is 10.4 Å². The number of carbonyl (C=O) groups excluding carboxylic acids is 1. The molecule has 4 rings (SSSR count). The smallest absolute Gasteiger partial charge is 0.251 e. The van der Waals surface area contributed by atoms with Gasteiger partial charge in [0.2, 0.25) is 5.88 Å². The minimum atomic E-state index is -0.143. The highest BCUT2D eigenvalue weighted by Crippen LogP contribution is 2.30. The van der Waals surface area contributed by atoms with Crippen LogP contribution in [-0.2, 0) is 7.05 Å². The first-order valence-electron chi connectivity index (χ1n) is 8.35. The number of ether oxygens (including phenoxy) is 1. The molecule has 3 heterocycles. The van der Waals surface area contributed by atoms with Crippen LogP contribution in [0.3, 0.4) is 0 Å². The second kappa shape index (κ2) is 6.56. The largest absolute Gasteiger partial charge is 0.480 e. The topological polar surface area (TPSA) is 86.3 Å². The summed E-state index contributed by atoms with van der Waals surface area (Å²) in [5, 5.41) is 11.4. The highest BCUT2D eigenvalue weighted by Gasteiger charge is 2.16. The fraction of sp³-hybridized carbons (Fsp3) is 0.158. The van der Waals surface area contributed by atoms with Crippen molar-refractivity contribution in [2.75, 3.05) is 14.2 Å². The van der Waals surface area contributed by atoms with Gasteiger partial charge in [-0.15, -0.1) is 5.10 Å². The van der Waals surface area contributed by atoms with E-state index in [2.05, 4.69) is 20.5 Å². The Morgan fingerprint density at radius 2 is 2.04 bits per heavy atom. The van der Waals surface area contributed by atoms with Crippen molar-refractivity contribution in [2.45, 2.75) is 0 Å². The summed E-state index contributed by atoms with van der Waals surface area (Å²) in [5.41, 5.74) is 4.57. The molecule has 0 bridgehead atoms. The van der Waals surface area contributed by atoms with E-state index in [0.29, 0.717) is 17.1 Å². The number of carbonyl (C=O) groups is 1. The van der Waals surface area contributed by atoms with Gasteiger partial charge in [0.05, 0.1) is 30.8 Å². The summed E-state index contributed by atoms with van der Waals surface area (Å²) in [6, 6.07) is 9.24. The van der Waals surface area contributed by atoms with Gasteiger partial charge < -0.3 is 10.1 Å². The molecule has 0 fully saturated rings. The molecule has 1 N–H and O–H groups in total. The molecule has 8 heteroatoms. The van der Waals surface area contributed by atoms with Crippen molar-refractivity contribution in [3.8, 4) is 28.3 Å². The van der Waals surface area contributed by atoms with Crippen molar-refractivity contribution < 1.29 is 9.53 Å². The zero-order valence-electron chi connectivity index (χ0n) is 15.2. The number of hydrogen-bond acceptors (Lipinski definition) is 5. The molecule has 0 saturated heterocycles. The van der Waals surface area contributed by atoms with E-state index in [4.69, 9.17) is 4.74 Å². The third-order valence-electron chi connectivity index (χ3n) is 4.32. The Kier molecular flexibility index (Phi) is 4.08. The van der Waals surface area contributed by atoms with Crippen molar-refractivity contribution in [2.24, 2.45) is 7.05 Å². The highest BCUT2D eigenvalue weighted by atomic mass is 16.5. The standard InChI is InChI=1S/C19H18N6O2/c1-20-18(26)13-6-4-5-12(7-13)16-10-21-17-8-15(14-9-22-24(2)11-14)19(27-3)23-25(16)17/h4-11H,1-3H3,(H,20,26). The Morgan fingerprint density at radius 3 is 2.74 bits per heavy atom. The summed E-state index contributed by atoms with van der Waals surface area (Å²) in [4.78, 5) is 16.4. The Labute approximate surface area is 155 Å². The molecular formula is C19H18N6O2. The van der Waals surface area contributed by atoms with Crippen molar-refractivity contribution in [1.29, 1.82) is 0 Å². The number of nitrogens with zero attached hydrogens (tertiary/aromatic N) is 5. The average Bonchev–Trinajstić information content (AvgIpc) is 3.32. The maximum atomic E-state index is 11.9. The quantitative estimate of drug-likeness (QED) is 0.601. The van der Waals surface area contributed by atoms with E-state index in [9.17, 15) is 4.79 Å². The second-order valence-corrected chi connectivity index (χ2v) is 6.04. The van der Waals surface area contributed by atoms with E-state index in [1.165, 1.54) is 0 Å². The van der Waals surface area contributed by atoms with Gasteiger partial charge >= 0.3 is 0 Å². The Bertz CT molecular complexity index is 1140. The lowest BCUT2D eigenvalue weighted by Crippen LogP contribution is -2.17. The van der Waals surface area contributed by atoms with E-state index >= 15 is 0 Å². The van der Waals surface area contributed by atoms with E-state index in [1.807, 2.05) is 37.5 Å². The normalized spacial score (nSPS) is 10.9. The van der Waals surface area contributed by atoms with Crippen LogP contribution < -0.4 is 10.1 Å². The predicted molar refractivity (Wildman–Crippen MR) is 101 cm³/mol. The van der Waals surface area contributed by atoms with Crippen LogP contribution >= 0.6 is 0 Å². The molecule has 0 aliphatic carbocycles. The number of rotatable bonds is 4. The van der Waals surface area contributed by atoms with E-state index in [-0.39, 0.29) is 5.91 Å². The van der Waals surface area contributed by atoms with E-state index in [1.54, 1.807) is 41.8 Å². The van der Waals surface area contributed by atoms with Crippen LogP contribution in [0.25, 0.3) is 28.0 Å². The first-order chi connectivity index (χ1) is 13.1. The zero-order valence-corrected chi connectivity index (χ0v) is 15.2. The average molecular weight is 362 g/mol. The van der Waals surface area contributed by atoms with Crippen LogP contribution in [0.5, 0.6) is 5.88 Å². The Balaban J connectivity index is 1.86. The maximum absolute atomic E-state index is 11.9. The monoisotopic (exact) mass is 362 g/mol. The molecule has 0 aliphatic rings. The summed E-state index contributed by atoms with van der Waals surface area (Å²) in [6.45, 7) is 0. The van der Waals surface area contributed by atoms with Gasteiger partial charge in [-0.3, -0.25) is 9.48 Å². The molecule has 8 nitrogen and oxygen atoms in total. The van der Waals surface area contributed by atoms with Crippen LogP contribution in [0.15, 0.2) is 48.9 Å². The van der Waals surface area contributed by atoms with Gasteiger partial charge in [0, 0.05) is 37.0 Å². The summed E-state index contributed by atoms with van der Waals surface area (Å²) in [5.74, 6) is 0.326. The maximum Gasteiger partial charge on any atom is 0.251 e. The number of methoxy groups -OCH3 is 1. The Morgan fingerprint density at radius 1 is 1.19 bits per heavy atom. The van der Waals surface area contributed by atoms with Gasteiger partial charge in [-0.25, -0.2) is 9.50 Å². The summed E-state index contributed by atoms with van der Waals surface area (Å²) in [6.07, 6.45) is 5.39. The molecule has 0 atom stereocenters. The summed E-state index contributed by atoms with van der Waals surface area (Å²) in [7, 11) is 5.04. The summed E-state index contributed by atoms with van der Waals surface area (Å²) >= 11 is 0. The minimum Gasteiger partial charge on any atom is -0.480 e. The fourth-order valence-corrected chi connectivity index (χ4v) is 2.98. The molecule has 27 heavy (non-hydrogen) atoms. The number of aromatic nitrogens is 5. The first kappa shape index (κ1) is 16.8. The van der Waals surface area contributed by atoms with E-state index in [0.717, 1.165) is 22.4 Å². The van der Waals surface area contributed by atoms with Gasteiger partial charge in [0.1, 0.15) is 0 Å². The van der Waals surface area contributed by atoms with Crippen molar-refractivity contribution in [1.82, 2.24) is 29.7 Å². The van der Waals surface area contributed by atoms with E-state index < -0.39 is 0 Å². The molecule has 3 aromatic heterocycles. The molecule has 4 aromatic rings. The lowest BCUT2D eigenvalue weighted by atomic mass is 10.1. The van der Waals surface area contributed by atoms with Crippen molar-refractivity contribution in [3.63, 3.8) is 0 Å². The SMILES string of the molecule is CNC(=O)c1cccc(-c2cnc3cc(-c4cnn(C)c4)c(OC)nn23)c1. The second-order valence-electron chi connectivity index (χ2n) is 6.04. The number of amides is 1. The zero-order chi connectivity index (χ0) is 19.0. The van der Waals surface area contributed by atoms with Gasteiger partial charge in [0.15, 0.2) is 5.65 Å². The Hall–Kier alpha value is -3.68. The lowest BCUT2D eigenvalue weighted by molar-refractivity contribution is 0.0963. The van der Waals surface area contributed by atoms with Gasteiger partial charge in [-0.1, -0.05) is 12.1 Å². The molecule has 0 unspecified atom stereocenters. The highest BCUT2D eigenvalue weighted by molar-refractivity contribution is 5.95. The lowest BCUT2D eigenvalue weighted by Gasteiger charge is -2.08. The number of benzene rings is 1. The van der Waals surface area contributed by atoms with Crippen molar-refractivity contribution in [3.05, 3.63) is 54.5 Å². The van der Waals surface area contributed by atoms with Crippen LogP contribution in [0.2, 0.25) is 0 Å². The molecule has 0 aliphatic heterocycles. The number of hydrogen-bond donors (Lipinski definition) is 1. The minimum absolute atomic E-state index is 0.143. The number of aryl methyl sites for hydroxylation is 1. The predicted octanol–water partition coefficient (Wildman–Crippen LogP) is 2.17. The van der Waals surface area contributed by atoms with Crippen LogP contribution in [0, 0.1) is 0 Å². The molecule has 0 radical (unpaired) electrons. The first-order valence-corrected chi connectivity index (χ1v) is 8.35. The fourth-order valence-electron chi connectivity index (χ4n) is 2.98. The molecule has 0 spiro atoms. The van der Waals surface area contributed by atoms with Crippen LogP contribution in [-0.4, -0.2) is 44.4 Å².